The van der Waals surface area contributed by atoms with Crippen LogP contribution in [0.25, 0.3) is 5.69 Å². The number of aryl methyl sites for hydroxylation is 3. The largest absolute Gasteiger partial charge is 0.494 e. The van der Waals surface area contributed by atoms with E-state index in [0.717, 1.165) is 22.6 Å². The van der Waals surface area contributed by atoms with Gasteiger partial charge < -0.3 is 19.9 Å². The zero-order valence-corrected chi connectivity index (χ0v) is 17.3. The van der Waals surface area contributed by atoms with E-state index in [1.807, 2.05) is 51.1 Å². The number of carbonyl (C=O) groups excluding carboxylic acids is 2. The predicted molar refractivity (Wildman–Crippen MR) is 115 cm³/mol. The van der Waals surface area contributed by atoms with Crippen LogP contribution < -0.4 is 15.4 Å². The van der Waals surface area contributed by atoms with Crippen molar-refractivity contribution < 1.29 is 14.3 Å². The minimum absolute atomic E-state index is 0.193. The third-order valence-electron chi connectivity index (χ3n) is 4.68. The van der Waals surface area contributed by atoms with Crippen LogP contribution in [0.15, 0.2) is 48.5 Å². The number of nitrogens with zero attached hydrogens (tertiary/aromatic N) is 1. The Morgan fingerprint density at radius 3 is 2.21 bits per heavy atom. The van der Waals surface area contributed by atoms with Gasteiger partial charge in [-0.3, -0.25) is 9.59 Å². The number of ether oxygens (including phenoxy) is 1. The summed E-state index contributed by atoms with van der Waals surface area (Å²) in [4.78, 5) is 24.5. The fourth-order valence-corrected chi connectivity index (χ4v) is 3.34. The molecule has 29 heavy (non-hydrogen) atoms. The molecule has 3 aromatic rings. The first-order valence-corrected chi connectivity index (χ1v) is 9.33. The van der Waals surface area contributed by atoms with Crippen molar-refractivity contribution in [3.63, 3.8) is 0 Å². The fraction of sp³-hybridized carbons (Fsp3) is 0.217. The van der Waals surface area contributed by atoms with Crippen LogP contribution in [0.4, 0.5) is 11.4 Å². The number of rotatable bonds is 5. The molecule has 2 N–H and O–H groups in total. The molecular weight excluding hydrogens is 366 g/mol. The molecule has 0 radical (unpaired) electrons. The molecule has 1 heterocycles. The highest BCUT2D eigenvalue weighted by Gasteiger charge is 2.16. The monoisotopic (exact) mass is 391 g/mol. The first kappa shape index (κ1) is 20.2. The van der Waals surface area contributed by atoms with Crippen LogP contribution in [0.5, 0.6) is 5.75 Å². The Balaban J connectivity index is 1.96. The van der Waals surface area contributed by atoms with Gasteiger partial charge in [-0.2, -0.15) is 0 Å². The second-order valence-corrected chi connectivity index (χ2v) is 7.02. The topological polar surface area (TPSA) is 72.4 Å². The molecule has 2 amide bonds. The van der Waals surface area contributed by atoms with Gasteiger partial charge in [0.05, 0.1) is 24.0 Å². The van der Waals surface area contributed by atoms with E-state index in [9.17, 15) is 9.59 Å². The van der Waals surface area contributed by atoms with Gasteiger partial charge in [0, 0.05) is 30.1 Å². The Kier molecular flexibility index (Phi) is 5.73. The van der Waals surface area contributed by atoms with Crippen LogP contribution in [-0.2, 0) is 4.79 Å². The summed E-state index contributed by atoms with van der Waals surface area (Å²) in [6.07, 6.45) is 0. The van der Waals surface area contributed by atoms with E-state index in [1.165, 1.54) is 14.0 Å². The second-order valence-electron chi connectivity index (χ2n) is 7.02. The summed E-state index contributed by atoms with van der Waals surface area (Å²) < 4.78 is 7.40. The number of hydrogen-bond donors (Lipinski definition) is 2. The quantitative estimate of drug-likeness (QED) is 0.666. The van der Waals surface area contributed by atoms with Gasteiger partial charge in [-0.15, -0.1) is 0 Å². The van der Waals surface area contributed by atoms with Crippen molar-refractivity contribution in [2.24, 2.45) is 0 Å². The zero-order chi connectivity index (χ0) is 21.1. The maximum Gasteiger partial charge on any atom is 0.257 e. The highest BCUT2D eigenvalue weighted by atomic mass is 16.5. The van der Waals surface area contributed by atoms with Crippen LogP contribution in [0, 0.1) is 20.8 Å². The first-order chi connectivity index (χ1) is 13.8. The van der Waals surface area contributed by atoms with E-state index in [0.29, 0.717) is 22.7 Å². The standard InChI is InChI=1S/C23H25N3O3/c1-14-6-11-21(26-15(2)7-8-16(26)3)19(12-14)23(28)25-18-9-10-20(24-17(4)27)22(13-18)29-5/h6-13H,1-5H3,(H,24,27)(H,25,28). The SMILES string of the molecule is COc1cc(NC(=O)c2cc(C)ccc2-n2c(C)ccc2C)ccc1NC(C)=O. The maximum atomic E-state index is 13.1. The molecule has 0 fully saturated rings. The van der Waals surface area contributed by atoms with E-state index in [-0.39, 0.29) is 11.8 Å². The van der Waals surface area contributed by atoms with Crippen LogP contribution >= 0.6 is 0 Å². The molecule has 6 nitrogen and oxygen atoms in total. The minimum Gasteiger partial charge on any atom is -0.494 e. The highest BCUT2D eigenvalue weighted by Crippen LogP contribution is 2.29. The normalized spacial score (nSPS) is 10.5. The third kappa shape index (κ3) is 4.32. The summed E-state index contributed by atoms with van der Waals surface area (Å²) in [6.45, 7) is 7.42. The van der Waals surface area contributed by atoms with E-state index in [1.54, 1.807) is 18.2 Å². The van der Waals surface area contributed by atoms with Crippen molar-refractivity contribution in [2.75, 3.05) is 17.7 Å². The van der Waals surface area contributed by atoms with Gasteiger partial charge in [0.25, 0.3) is 5.91 Å². The molecule has 0 unspecified atom stereocenters. The summed E-state index contributed by atoms with van der Waals surface area (Å²) in [7, 11) is 1.52. The Morgan fingerprint density at radius 1 is 0.897 bits per heavy atom. The van der Waals surface area contributed by atoms with Gasteiger partial charge in [0.15, 0.2) is 0 Å². The van der Waals surface area contributed by atoms with Gasteiger partial charge in [-0.25, -0.2) is 0 Å². The van der Waals surface area contributed by atoms with Gasteiger partial charge in [-0.05, 0) is 57.2 Å². The first-order valence-electron chi connectivity index (χ1n) is 9.33. The molecule has 2 aromatic carbocycles. The fourth-order valence-electron chi connectivity index (χ4n) is 3.34. The molecule has 6 heteroatoms. The molecule has 0 atom stereocenters. The maximum absolute atomic E-state index is 13.1. The number of carbonyl (C=O) groups is 2. The van der Waals surface area contributed by atoms with Crippen LogP contribution in [0.2, 0.25) is 0 Å². The van der Waals surface area contributed by atoms with Crippen LogP contribution in [-0.4, -0.2) is 23.5 Å². The Bertz CT molecular complexity index is 1060. The van der Waals surface area contributed by atoms with E-state index >= 15 is 0 Å². The van der Waals surface area contributed by atoms with E-state index < -0.39 is 0 Å². The predicted octanol–water partition coefficient (Wildman–Crippen LogP) is 4.62. The number of aromatic nitrogens is 1. The lowest BCUT2D eigenvalue weighted by molar-refractivity contribution is -0.114. The molecule has 0 spiro atoms. The van der Waals surface area contributed by atoms with Gasteiger partial charge in [-0.1, -0.05) is 11.6 Å². The van der Waals surface area contributed by atoms with Crippen molar-refractivity contribution in [3.8, 4) is 11.4 Å². The van der Waals surface area contributed by atoms with Gasteiger partial charge >= 0.3 is 0 Å². The Hall–Kier alpha value is -3.54. The zero-order valence-electron chi connectivity index (χ0n) is 17.3. The summed E-state index contributed by atoms with van der Waals surface area (Å²) in [5.41, 5.74) is 5.65. The minimum atomic E-state index is -0.217. The van der Waals surface area contributed by atoms with Crippen molar-refractivity contribution in [3.05, 3.63) is 71.0 Å². The van der Waals surface area contributed by atoms with Crippen molar-refractivity contribution in [1.82, 2.24) is 4.57 Å². The lowest BCUT2D eigenvalue weighted by Crippen LogP contribution is -2.16. The molecule has 0 saturated heterocycles. The molecule has 150 valence electrons. The van der Waals surface area contributed by atoms with Gasteiger partial charge in [0.2, 0.25) is 5.91 Å². The molecule has 1 aromatic heterocycles. The highest BCUT2D eigenvalue weighted by molar-refractivity contribution is 6.07. The lowest BCUT2D eigenvalue weighted by atomic mass is 10.1. The van der Waals surface area contributed by atoms with Crippen LogP contribution in [0.3, 0.4) is 0 Å². The number of nitrogens with one attached hydrogen (secondary N) is 2. The summed E-state index contributed by atoms with van der Waals surface area (Å²) in [6, 6.07) is 15.0. The molecule has 0 aliphatic heterocycles. The molecule has 3 rings (SSSR count). The van der Waals surface area contributed by atoms with Crippen molar-refractivity contribution >= 4 is 23.2 Å². The molecule has 0 aliphatic rings. The number of hydrogen-bond acceptors (Lipinski definition) is 3. The molecule has 0 bridgehead atoms. The Labute approximate surface area is 170 Å². The molecular formula is C23H25N3O3. The average Bonchev–Trinajstić information content (AvgIpc) is 3.01. The van der Waals surface area contributed by atoms with Crippen molar-refractivity contribution in [1.29, 1.82) is 0 Å². The second kappa shape index (κ2) is 8.22. The average molecular weight is 391 g/mol. The number of benzene rings is 2. The Morgan fingerprint density at radius 2 is 1.59 bits per heavy atom. The molecule has 0 aliphatic carbocycles. The summed E-state index contributed by atoms with van der Waals surface area (Å²) in [5, 5.41) is 5.64. The van der Waals surface area contributed by atoms with E-state index in [4.69, 9.17) is 4.74 Å². The number of methoxy groups -OCH3 is 1. The summed E-state index contributed by atoms with van der Waals surface area (Å²) >= 11 is 0. The van der Waals surface area contributed by atoms with Gasteiger partial charge in [0.1, 0.15) is 5.75 Å². The molecule has 0 saturated carbocycles. The smallest absolute Gasteiger partial charge is 0.257 e. The van der Waals surface area contributed by atoms with Crippen molar-refractivity contribution in [2.45, 2.75) is 27.7 Å². The summed E-state index contributed by atoms with van der Waals surface area (Å²) in [5.74, 6) is 0.0621. The third-order valence-corrected chi connectivity index (χ3v) is 4.68. The lowest BCUT2D eigenvalue weighted by Gasteiger charge is -2.16. The number of amides is 2. The van der Waals surface area contributed by atoms with Crippen LogP contribution in [0.1, 0.15) is 34.2 Å². The van der Waals surface area contributed by atoms with E-state index in [2.05, 4.69) is 15.2 Å². The number of anilines is 2.